The average Bonchev–Trinajstić information content (AvgIpc) is 2.18. The van der Waals surface area contributed by atoms with Crippen molar-refractivity contribution in [2.24, 2.45) is 0 Å². The van der Waals surface area contributed by atoms with Crippen molar-refractivity contribution in [1.82, 2.24) is 0 Å². The van der Waals surface area contributed by atoms with Crippen molar-refractivity contribution in [2.75, 3.05) is 26.2 Å². The lowest BCUT2D eigenvalue weighted by molar-refractivity contribution is -0.926. The second-order valence-electron chi connectivity index (χ2n) is 4.32. The van der Waals surface area contributed by atoms with E-state index in [-0.39, 0.29) is 0 Å². The van der Waals surface area contributed by atoms with Crippen molar-refractivity contribution >= 4 is 5.97 Å². The van der Waals surface area contributed by atoms with E-state index in [2.05, 4.69) is 27.7 Å². The topological polar surface area (TPSA) is 40.1 Å². The SMILES string of the molecule is CC(=O)[O-].CCC[N+](CC)(CCC)CCC. The van der Waals surface area contributed by atoms with Gasteiger partial charge in [0.1, 0.15) is 0 Å². The third-order valence-corrected chi connectivity index (χ3v) is 2.76. The maximum atomic E-state index is 8.89. The Morgan fingerprint density at radius 3 is 1.31 bits per heavy atom. The Morgan fingerprint density at radius 1 is 0.938 bits per heavy atom. The van der Waals surface area contributed by atoms with Gasteiger partial charge in [-0.1, -0.05) is 20.8 Å². The lowest BCUT2D eigenvalue weighted by Crippen LogP contribution is -2.49. The van der Waals surface area contributed by atoms with Crippen molar-refractivity contribution in [1.29, 1.82) is 0 Å². The third-order valence-electron chi connectivity index (χ3n) is 2.76. The summed E-state index contributed by atoms with van der Waals surface area (Å²) in [4.78, 5) is 8.89. The van der Waals surface area contributed by atoms with Crippen LogP contribution in [0.1, 0.15) is 53.9 Å². The Hall–Kier alpha value is -0.570. The molecule has 0 aliphatic rings. The second kappa shape index (κ2) is 10.9. The third kappa shape index (κ3) is 9.97. The first kappa shape index (κ1) is 17.8. The molecule has 0 saturated heterocycles. The normalized spacial score (nSPS) is 10.6. The molecule has 0 unspecified atom stereocenters. The molecule has 0 aromatic rings. The van der Waals surface area contributed by atoms with E-state index in [0.717, 1.165) is 6.92 Å². The van der Waals surface area contributed by atoms with Gasteiger partial charge >= 0.3 is 0 Å². The molecule has 3 nitrogen and oxygen atoms in total. The molecule has 0 rings (SSSR count). The summed E-state index contributed by atoms with van der Waals surface area (Å²) in [5, 5.41) is 8.89. The zero-order valence-corrected chi connectivity index (χ0v) is 11.7. The van der Waals surface area contributed by atoms with E-state index < -0.39 is 5.97 Å². The molecule has 0 bridgehead atoms. The quantitative estimate of drug-likeness (QED) is 0.627. The van der Waals surface area contributed by atoms with Gasteiger partial charge in [0.25, 0.3) is 0 Å². The van der Waals surface area contributed by atoms with Crippen LogP contribution < -0.4 is 5.11 Å². The molecule has 0 aromatic carbocycles. The maximum absolute atomic E-state index is 8.89. The fourth-order valence-electron chi connectivity index (χ4n) is 2.23. The van der Waals surface area contributed by atoms with Crippen molar-refractivity contribution < 1.29 is 14.4 Å². The van der Waals surface area contributed by atoms with Crippen LogP contribution in [0, 0.1) is 0 Å². The van der Waals surface area contributed by atoms with Crippen LogP contribution in [0.2, 0.25) is 0 Å². The van der Waals surface area contributed by atoms with E-state index in [1.165, 1.54) is 49.9 Å². The number of quaternary nitrogens is 1. The number of carboxylic acids is 1. The summed E-state index contributed by atoms with van der Waals surface area (Å²) in [7, 11) is 0. The van der Waals surface area contributed by atoms with Gasteiger partial charge in [-0.15, -0.1) is 0 Å². The van der Waals surface area contributed by atoms with Crippen LogP contribution in [-0.2, 0) is 4.79 Å². The van der Waals surface area contributed by atoms with E-state index in [1.54, 1.807) is 0 Å². The molecule has 16 heavy (non-hydrogen) atoms. The summed E-state index contributed by atoms with van der Waals surface area (Å²) < 4.78 is 1.35. The predicted octanol–water partition coefficient (Wildman–Crippen LogP) is 1.81. The number of carboxylic acid groups (broad SMARTS) is 1. The highest BCUT2D eigenvalue weighted by Crippen LogP contribution is 2.10. The number of hydrogen-bond acceptors (Lipinski definition) is 2. The summed E-state index contributed by atoms with van der Waals surface area (Å²) in [6.45, 7) is 15.6. The molecule has 0 heterocycles. The summed E-state index contributed by atoms with van der Waals surface area (Å²) in [5.74, 6) is -1.08. The molecule has 0 aromatic heterocycles. The molecule has 0 fully saturated rings. The highest BCUT2D eigenvalue weighted by atomic mass is 16.4. The monoisotopic (exact) mass is 231 g/mol. The molecule has 0 N–H and O–H groups in total. The molecule has 3 heteroatoms. The van der Waals surface area contributed by atoms with E-state index >= 15 is 0 Å². The fourth-order valence-corrected chi connectivity index (χ4v) is 2.23. The highest BCUT2D eigenvalue weighted by Gasteiger charge is 2.21. The molecule has 0 saturated carbocycles. The summed E-state index contributed by atoms with van der Waals surface area (Å²) in [5.41, 5.74) is 0. The van der Waals surface area contributed by atoms with Gasteiger partial charge < -0.3 is 14.4 Å². The zero-order chi connectivity index (χ0) is 13.0. The summed E-state index contributed by atoms with van der Waals surface area (Å²) in [6, 6.07) is 0. The summed E-state index contributed by atoms with van der Waals surface area (Å²) in [6.07, 6.45) is 3.98. The standard InChI is InChI=1S/C11H26N.C2H4O2/c1-5-9-12(8-4,10-6-2)11-7-3;1-2(3)4/h5-11H2,1-4H3;1H3,(H,3,4)/q+1;/p-1. The number of carbonyl (C=O) groups excluding carboxylic acids is 1. The van der Waals surface area contributed by atoms with Gasteiger partial charge in [0.15, 0.2) is 0 Å². The van der Waals surface area contributed by atoms with Gasteiger partial charge in [-0.05, 0) is 33.1 Å². The van der Waals surface area contributed by atoms with Gasteiger partial charge in [0.2, 0.25) is 0 Å². The highest BCUT2D eigenvalue weighted by molar-refractivity contribution is 5.60. The molecular formula is C13H29NO2. The molecule has 0 radical (unpaired) electrons. The minimum absolute atomic E-state index is 0.972. The van der Waals surface area contributed by atoms with Crippen LogP contribution in [0.3, 0.4) is 0 Å². The van der Waals surface area contributed by atoms with Crippen LogP contribution in [0.5, 0.6) is 0 Å². The number of nitrogens with zero attached hydrogens (tertiary/aromatic N) is 1. The zero-order valence-electron chi connectivity index (χ0n) is 11.7. The molecule has 0 amide bonds. The number of hydrogen-bond donors (Lipinski definition) is 0. The van der Waals surface area contributed by atoms with Crippen molar-refractivity contribution in [3.63, 3.8) is 0 Å². The first-order valence-corrected chi connectivity index (χ1v) is 6.50. The number of rotatable bonds is 7. The van der Waals surface area contributed by atoms with Crippen LogP contribution in [0.25, 0.3) is 0 Å². The van der Waals surface area contributed by atoms with E-state index in [1.807, 2.05) is 0 Å². The first-order chi connectivity index (χ1) is 7.47. The Bertz CT molecular complexity index is 148. The van der Waals surface area contributed by atoms with E-state index in [4.69, 9.17) is 9.90 Å². The smallest absolute Gasteiger partial charge is 0.0783 e. The van der Waals surface area contributed by atoms with Gasteiger partial charge in [-0.2, -0.15) is 0 Å². The van der Waals surface area contributed by atoms with Crippen LogP contribution in [-0.4, -0.2) is 36.6 Å². The van der Waals surface area contributed by atoms with Crippen molar-refractivity contribution in [3.05, 3.63) is 0 Å². The minimum atomic E-state index is -1.08. The second-order valence-corrected chi connectivity index (χ2v) is 4.32. The maximum Gasteiger partial charge on any atom is 0.0783 e. The van der Waals surface area contributed by atoms with Gasteiger partial charge in [0, 0.05) is 5.97 Å². The van der Waals surface area contributed by atoms with Crippen molar-refractivity contribution in [3.8, 4) is 0 Å². The molecule has 0 atom stereocenters. The Morgan fingerprint density at radius 2 is 1.19 bits per heavy atom. The van der Waals surface area contributed by atoms with Gasteiger partial charge in [-0.3, -0.25) is 0 Å². The Kier molecular flexibility index (Phi) is 12.2. The van der Waals surface area contributed by atoms with E-state index in [9.17, 15) is 0 Å². The van der Waals surface area contributed by atoms with Crippen LogP contribution >= 0.6 is 0 Å². The van der Waals surface area contributed by atoms with Crippen LogP contribution in [0.4, 0.5) is 0 Å². The Labute approximate surface area is 101 Å². The molecule has 0 aliphatic carbocycles. The molecular weight excluding hydrogens is 202 g/mol. The van der Waals surface area contributed by atoms with Gasteiger partial charge in [-0.25, -0.2) is 0 Å². The lowest BCUT2D eigenvalue weighted by Gasteiger charge is -2.37. The predicted molar refractivity (Wildman–Crippen MR) is 67.0 cm³/mol. The van der Waals surface area contributed by atoms with Crippen LogP contribution in [0.15, 0.2) is 0 Å². The van der Waals surface area contributed by atoms with E-state index in [0.29, 0.717) is 0 Å². The van der Waals surface area contributed by atoms with Gasteiger partial charge in [0.05, 0.1) is 26.2 Å². The number of carbonyl (C=O) groups is 1. The molecule has 0 spiro atoms. The van der Waals surface area contributed by atoms with Crippen molar-refractivity contribution in [2.45, 2.75) is 53.9 Å². The first-order valence-electron chi connectivity index (χ1n) is 6.50. The molecule has 98 valence electrons. The lowest BCUT2D eigenvalue weighted by atomic mass is 10.2. The average molecular weight is 231 g/mol. The molecule has 0 aliphatic heterocycles. The summed E-state index contributed by atoms with van der Waals surface area (Å²) >= 11 is 0. The largest absolute Gasteiger partial charge is 0.550 e. The number of aliphatic carboxylic acids is 1. The Balaban J connectivity index is 0. The minimum Gasteiger partial charge on any atom is -0.550 e. The fraction of sp³-hybridized carbons (Fsp3) is 0.923.